The zero-order valence-electron chi connectivity index (χ0n) is 8.51. The van der Waals surface area contributed by atoms with Crippen molar-refractivity contribution in [1.82, 2.24) is 0 Å². The van der Waals surface area contributed by atoms with E-state index in [0.717, 1.165) is 25.0 Å². The summed E-state index contributed by atoms with van der Waals surface area (Å²) >= 11 is 0. The number of rotatable bonds is 7. The number of carboxylic acids is 1. The number of carbonyl (C=O) groups is 1. The van der Waals surface area contributed by atoms with E-state index in [-0.39, 0.29) is 0 Å². The summed E-state index contributed by atoms with van der Waals surface area (Å²) in [5.74, 6) is -3.57. The van der Waals surface area contributed by atoms with Crippen molar-refractivity contribution in [2.75, 3.05) is 0 Å². The Labute approximate surface area is 100 Å². The highest BCUT2D eigenvalue weighted by Gasteiger charge is 2.43. The molecule has 0 aliphatic carbocycles. The number of hydrogen-bond donors (Lipinski definition) is 1. The molecule has 0 heterocycles. The van der Waals surface area contributed by atoms with E-state index in [2.05, 4.69) is 18.9 Å². The molecule has 0 spiro atoms. The minimum absolute atomic E-state index is 1.11. The average molecular weight is 252 g/mol. The summed E-state index contributed by atoms with van der Waals surface area (Å²) in [7, 11) is 0. The van der Waals surface area contributed by atoms with Crippen LogP contribution in [0.4, 0.5) is 0 Å². The van der Waals surface area contributed by atoms with Crippen LogP contribution in [0, 0.1) is 52.0 Å². The van der Waals surface area contributed by atoms with Crippen LogP contribution in [-0.4, -0.2) is 23.7 Å². The SMILES string of the molecule is N#COC(OC#N)C(C(=O)O)C(OC#N)OC#N. The maximum absolute atomic E-state index is 10.9. The number of carboxylic acid groups (broad SMARTS) is 1. The van der Waals surface area contributed by atoms with Crippen molar-refractivity contribution in [3.8, 4) is 25.0 Å². The Morgan fingerprint density at radius 3 is 1.28 bits per heavy atom. The third-order valence-corrected chi connectivity index (χ3v) is 1.55. The summed E-state index contributed by atoms with van der Waals surface area (Å²) in [6.45, 7) is 0. The molecule has 18 heavy (non-hydrogen) atoms. The lowest BCUT2D eigenvalue weighted by molar-refractivity contribution is -0.195. The van der Waals surface area contributed by atoms with Gasteiger partial charge in [-0.2, -0.15) is 21.0 Å². The van der Waals surface area contributed by atoms with Gasteiger partial charge in [0.2, 0.25) is 5.92 Å². The quantitative estimate of drug-likeness (QED) is 0.452. The molecule has 0 amide bonds. The van der Waals surface area contributed by atoms with Crippen LogP contribution in [0.3, 0.4) is 0 Å². The zero-order chi connectivity index (χ0) is 14.0. The lowest BCUT2D eigenvalue weighted by Gasteiger charge is -2.22. The molecule has 0 aromatic carbocycles. The van der Waals surface area contributed by atoms with E-state index in [1.54, 1.807) is 0 Å². The van der Waals surface area contributed by atoms with Gasteiger partial charge >= 0.3 is 5.97 Å². The lowest BCUT2D eigenvalue weighted by atomic mass is 10.1. The van der Waals surface area contributed by atoms with Crippen molar-refractivity contribution in [3.05, 3.63) is 0 Å². The maximum atomic E-state index is 10.9. The molecule has 10 heteroatoms. The Hall–Kier alpha value is -3.37. The van der Waals surface area contributed by atoms with Crippen LogP contribution in [0.25, 0.3) is 0 Å². The summed E-state index contributed by atoms with van der Waals surface area (Å²) in [6, 6.07) is 0. The van der Waals surface area contributed by atoms with Crippen LogP contribution >= 0.6 is 0 Å². The normalized spacial score (nSPS) is 8.61. The largest absolute Gasteiger partial charge is 0.481 e. The first-order valence-corrected chi connectivity index (χ1v) is 4.04. The van der Waals surface area contributed by atoms with Crippen LogP contribution < -0.4 is 0 Å². The number of nitrogens with zero attached hydrogens (tertiary/aromatic N) is 4. The molecule has 10 nitrogen and oxygen atoms in total. The molecule has 0 bridgehead atoms. The summed E-state index contributed by atoms with van der Waals surface area (Å²) in [5, 5.41) is 41.9. The van der Waals surface area contributed by atoms with E-state index in [1.165, 1.54) is 0 Å². The Bertz CT molecular complexity index is 384. The third-order valence-electron chi connectivity index (χ3n) is 1.55. The monoisotopic (exact) mass is 252 g/mol. The minimum Gasteiger partial charge on any atom is -0.481 e. The van der Waals surface area contributed by atoms with E-state index < -0.39 is 24.5 Å². The predicted molar refractivity (Wildman–Crippen MR) is 45.5 cm³/mol. The number of ether oxygens (including phenoxy) is 4. The standard InChI is InChI=1S/C8H4N4O6/c9-1-15-7(16-2-10)5(6(13)14)8(17-3-11)18-4-12/h5,7-8H,(H,13,14). The molecule has 0 aromatic rings. The van der Waals surface area contributed by atoms with E-state index in [0.29, 0.717) is 0 Å². The van der Waals surface area contributed by atoms with Crippen molar-refractivity contribution in [3.63, 3.8) is 0 Å². The van der Waals surface area contributed by atoms with Crippen molar-refractivity contribution in [2.45, 2.75) is 12.6 Å². The van der Waals surface area contributed by atoms with Gasteiger partial charge in [-0.3, -0.25) is 4.79 Å². The maximum Gasteiger partial charge on any atom is 0.322 e. The topological polar surface area (TPSA) is 169 Å². The second kappa shape index (κ2) is 7.86. The van der Waals surface area contributed by atoms with Gasteiger partial charge in [-0.1, -0.05) is 0 Å². The first-order chi connectivity index (χ1) is 8.62. The number of nitriles is 4. The average Bonchev–Trinajstić information content (AvgIpc) is 2.30. The van der Waals surface area contributed by atoms with Crippen LogP contribution in [0.5, 0.6) is 0 Å². The van der Waals surface area contributed by atoms with Gasteiger partial charge in [0.05, 0.1) is 0 Å². The molecule has 0 saturated heterocycles. The molecule has 0 atom stereocenters. The highest BCUT2D eigenvalue weighted by molar-refractivity contribution is 5.71. The molecule has 0 unspecified atom stereocenters. The molecular weight excluding hydrogens is 248 g/mol. The fraction of sp³-hybridized carbons (Fsp3) is 0.375. The molecular formula is C8H4N4O6. The van der Waals surface area contributed by atoms with Crippen LogP contribution in [0.2, 0.25) is 0 Å². The first-order valence-electron chi connectivity index (χ1n) is 4.04. The Morgan fingerprint density at radius 1 is 0.833 bits per heavy atom. The zero-order valence-corrected chi connectivity index (χ0v) is 8.51. The molecule has 0 saturated carbocycles. The van der Waals surface area contributed by atoms with Gasteiger partial charge in [0.15, 0.2) is 0 Å². The lowest BCUT2D eigenvalue weighted by Crippen LogP contribution is -2.41. The van der Waals surface area contributed by atoms with Gasteiger partial charge in [0.25, 0.3) is 37.6 Å². The second-order valence-corrected chi connectivity index (χ2v) is 2.44. The van der Waals surface area contributed by atoms with Gasteiger partial charge in [-0.05, 0) is 0 Å². The van der Waals surface area contributed by atoms with Crippen molar-refractivity contribution in [2.24, 2.45) is 5.92 Å². The summed E-state index contributed by atoms with van der Waals surface area (Å²) in [6.07, 6.45) is 0.645. The molecule has 0 aromatic heterocycles. The molecule has 92 valence electrons. The van der Waals surface area contributed by atoms with Gasteiger partial charge < -0.3 is 24.1 Å². The van der Waals surface area contributed by atoms with Gasteiger partial charge in [-0.15, -0.1) is 0 Å². The fourth-order valence-corrected chi connectivity index (χ4v) is 0.910. The minimum atomic E-state index is -1.90. The van der Waals surface area contributed by atoms with Gasteiger partial charge in [-0.25, -0.2) is 0 Å². The van der Waals surface area contributed by atoms with Crippen LogP contribution in [0.15, 0.2) is 0 Å². The Kier molecular flexibility index (Phi) is 6.39. The van der Waals surface area contributed by atoms with E-state index in [4.69, 9.17) is 26.2 Å². The fourth-order valence-electron chi connectivity index (χ4n) is 0.910. The predicted octanol–water partition coefficient (Wildman–Crippen LogP) is -0.670. The summed E-state index contributed by atoms with van der Waals surface area (Å²) in [5.41, 5.74) is 0. The van der Waals surface area contributed by atoms with E-state index in [1.807, 2.05) is 0 Å². The molecule has 0 fully saturated rings. The van der Waals surface area contributed by atoms with Crippen molar-refractivity contribution < 1.29 is 28.8 Å². The van der Waals surface area contributed by atoms with Gasteiger partial charge in [0, 0.05) is 0 Å². The van der Waals surface area contributed by atoms with Crippen LogP contribution in [0.1, 0.15) is 0 Å². The second-order valence-electron chi connectivity index (χ2n) is 2.44. The van der Waals surface area contributed by atoms with E-state index in [9.17, 15) is 4.79 Å². The highest BCUT2D eigenvalue weighted by atomic mass is 16.7. The first kappa shape index (κ1) is 14.6. The smallest absolute Gasteiger partial charge is 0.322 e. The summed E-state index contributed by atoms with van der Waals surface area (Å²) < 4.78 is 16.7. The Morgan fingerprint density at radius 2 is 1.11 bits per heavy atom. The van der Waals surface area contributed by atoms with E-state index >= 15 is 0 Å². The molecule has 0 aliphatic rings. The Balaban J connectivity index is 5.18. The van der Waals surface area contributed by atoms with Crippen molar-refractivity contribution >= 4 is 5.97 Å². The molecule has 0 radical (unpaired) electrons. The van der Waals surface area contributed by atoms with Crippen molar-refractivity contribution in [1.29, 1.82) is 21.0 Å². The third kappa shape index (κ3) is 4.01. The number of aliphatic carboxylic acids is 1. The highest BCUT2D eigenvalue weighted by Crippen LogP contribution is 2.18. The number of hydrogen-bond acceptors (Lipinski definition) is 9. The molecule has 1 N–H and O–H groups in total. The molecule has 0 rings (SSSR count). The van der Waals surface area contributed by atoms with Gasteiger partial charge in [0.1, 0.15) is 0 Å². The van der Waals surface area contributed by atoms with Crippen LogP contribution in [-0.2, 0) is 23.7 Å². The summed E-state index contributed by atoms with van der Waals surface area (Å²) in [4.78, 5) is 10.9. The molecule has 0 aliphatic heterocycles.